The standard InChI is InChI=1S/C9H11N5/c1-6-3-4-14(13-6)9-11-7(2)5-8(10)12-9/h3-5H,1-2H3,(H2,10,11,12). The summed E-state index contributed by atoms with van der Waals surface area (Å²) in [6.07, 6.45) is 1.81. The second kappa shape index (κ2) is 3.10. The van der Waals surface area contributed by atoms with Crippen molar-refractivity contribution in [1.82, 2.24) is 19.7 Å². The van der Waals surface area contributed by atoms with E-state index >= 15 is 0 Å². The molecule has 5 nitrogen and oxygen atoms in total. The van der Waals surface area contributed by atoms with E-state index in [2.05, 4.69) is 15.1 Å². The van der Waals surface area contributed by atoms with Crippen LogP contribution in [0.2, 0.25) is 0 Å². The average molecular weight is 189 g/mol. The summed E-state index contributed by atoms with van der Waals surface area (Å²) in [5.74, 6) is 0.969. The van der Waals surface area contributed by atoms with Gasteiger partial charge in [-0.1, -0.05) is 0 Å². The van der Waals surface area contributed by atoms with E-state index in [9.17, 15) is 0 Å². The van der Waals surface area contributed by atoms with Crippen molar-refractivity contribution in [2.75, 3.05) is 5.73 Å². The van der Waals surface area contributed by atoms with Crippen molar-refractivity contribution in [3.8, 4) is 5.95 Å². The Bertz CT molecular complexity index is 440. The van der Waals surface area contributed by atoms with Gasteiger partial charge in [-0.2, -0.15) is 10.1 Å². The second-order valence-corrected chi connectivity index (χ2v) is 3.14. The Labute approximate surface area is 81.6 Å². The lowest BCUT2D eigenvalue weighted by Gasteiger charge is -2.01. The molecule has 0 aliphatic heterocycles. The van der Waals surface area contributed by atoms with Crippen molar-refractivity contribution >= 4 is 5.82 Å². The minimum absolute atomic E-state index is 0.459. The number of aromatic nitrogens is 4. The fourth-order valence-electron chi connectivity index (χ4n) is 1.21. The van der Waals surface area contributed by atoms with Gasteiger partial charge >= 0.3 is 0 Å². The summed E-state index contributed by atoms with van der Waals surface area (Å²) in [7, 11) is 0. The maximum Gasteiger partial charge on any atom is 0.252 e. The van der Waals surface area contributed by atoms with Crippen LogP contribution in [0.15, 0.2) is 18.3 Å². The van der Waals surface area contributed by atoms with Crippen LogP contribution in [0.4, 0.5) is 5.82 Å². The Balaban J connectivity index is 2.51. The quantitative estimate of drug-likeness (QED) is 0.722. The van der Waals surface area contributed by atoms with E-state index in [1.165, 1.54) is 0 Å². The highest BCUT2D eigenvalue weighted by atomic mass is 15.3. The molecule has 14 heavy (non-hydrogen) atoms. The molecule has 0 radical (unpaired) electrons. The first-order valence-corrected chi connectivity index (χ1v) is 4.29. The molecule has 0 atom stereocenters. The van der Waals surface area contributed by atoms with Crippen LogP contribution < -0.4 is 5.73 Å². The Hall–Kier alpha value is -1.91. The number of anilines is 1. The minimum Gasteiger partial charge on any atom is -0.384 e. The first kappa shape index (κ1) is 8.68. The monoisotopic (exact) mass is 189 g/mol. The fraction of sp³-hybridized carbons (Fsp3) is 0.222. The van der Waals surface area contributed by atoms with Crippen molar-refractivity contribution in [3.63, 3.8) is 0 Å². The largest absolute Gasteiger partial charge is 0.384 e. The zero-order chi connectivity index (χ0) is 10.1. The van der Waals surface area contributed by atoms with Crippen molar-refractivity contribution in [2.24, 2.45) is 0 Å². The predicted molar refractivity (Wildman–Crippen MR) is 53.0 cm³/mol. The summed E-state index contributed by atoms with van der Waals surface area (Å²) in [5.41, 5.74) is 7.37. The maximum atomic E-state index is 5.61. The van der Waals surface area contributed by atoms with Gasteiger partial charge in [-0.05, 0) is 19.9 Å². The highest BCUT2D eigenvalue weighted by Crippen LogP contribution is 2.06. The van der Waals surface area contributed by atoms with Crippen molar-refractivity contribution in [2.45, 2.75) is 13.8 Å². The minimum atomic E-state index is 0.459. The zero-order valence-corrected chi connectivity index (χ0v) is 8.10. The van der Waals surface area contributed by atoms with Crippen LogP contribution in [0.1, 0.15) is 11.4 Å². The molecule has 0 aliphatic rings. The Morgan fingerprint density at radius 2 is 2.00 bits per heavy atom. The average Bonchev–Trinajstić information content (AvgIpc) is 2.50. The van der Waals surface area contributed by atoms with Gasteiger partial charge < -0.3 is 5.73 Å². The molecule has 2 heterocycles. The van der Waals surface area contributed by atoms with E-state index in [-0.39, 0.29) is 0 Å². The van der Waals surface area contributed by atoms with Gasteiger partial charge in [0.1, 0.15) is 5.82 Å². The molecular formula is C9H11N5. The fourth-order valence-corrected chi connectivity index (χ4v) is 1.21. The van der Waals surface area contributed by atoms with Gasteiger partial charge in [0, 0.05) is 18.0 Å². The Morgan fingerprint density at radius 1 is 1.21 bits per heavy atom. The van der Waals surface area contributed by atoms with E-state index in [0.29, 0.717) is 11.8 Å². The van der Waals surface area contributed by atoms with E-state index in [0.717, 1.165) is 11.4 Å². The third kappa shape index (κ3) is 1.56. The van der Waals surface area contributed by atoms with Crippen LogP contribution in [-0.4, -0.2) is 19.7 Å². The molecule has 2 aromatic rings. The normalized spacial score (nSPS) is 10.4. The lowest BCUT2D eigenvalue weighted by Crippen LogP contribution is -2.05. The third-order valence-corrected chi connectivity index (χ3v) is 1.79. The molecule has 0 aromatic carbocycles. The van der Waals surface area contributed by atoms with Gasteiger partial charge in [0.15, 0.2) is 0 Å². The highest BCUT2D eigenvalue weighted by molar-refractivity contribution is 5.32. The van der Waals surface area contributed by atoms with E-state index in [1.54, 1.807) is 10.7 Å². The van der Waals surface area contributed by atoms with Gasteiger partial charge in [0.05, 0.1) is 5.69 Å². The molecule has 0 aliphatic carbocycles. The third-order valence-electron chi connectivity index (χ3n) is 1.79. The molecule has 0 amide bonds. The molecule has 0 fully saturated rings. The van der Waals surface area contributed by atoms with Gasteiger partial charge in [0.2, 0.25) is 0 Å². The topological polar surface area (TPSA) is 69.6 Å². The number of nitrogen functional groups attached to an aromatic ring is 1. The number of aryl methyl sites for hydroxylation is 2. The van der Waals surface area contributed by atoms with E-state index in [4.69, 9.17) is 5.73 Å². The van der Waals surface area contributed by atoms with Crippen LogP contribution in [0.25, 0.3) is 5.95 Å². The summed E-state index contributed by atoms with van der Waals surface area (Å²) in [6.45, 7) is 3.79. The molecule has 0 unspecified atom stereocenters. The Morgan fingerprint density at radius 3 is 2.57 bits per heavy atom. The van der Waals surface area contributed by atoms with Gasteiger partial charge in [-0.15, -0.1) is 0 Å². The summed E-state index contributed by atoms with van der Waals surface area (Å²) in [6, 6.07) is 3.61. The maximum absolute atomic E-state index is 5.61. The lowest BCUT2D eigenvalue weighted by atomic mass is 10.4. The van der Waals surface area contributed by atoms with Gasteiger partial charge in [-0.25, -0.2) is 9.67 Å². The zero-order valence-electron chi connectivity index (χ0n) is 8.10. The van der Waals surface area contributed by atoms with Gasteiger partial charge in [-0.3, -0.25) is 0 Å². The predicted octanol–water partition coefficient (Wildman–Crippen LogP) is 0.861. The molecule has 0 saturated heterocycles. The van der Waals surface area contributed by atoms with Crippen molar-refractivity contribution in [1.29, 1.82) is 0 Å². The van der Waals surface area contributed by atoms with Crippen LogP contribution in [0.5, 0.6) is 0 Å². The van der Waals surface area contributed by atoms with Crippen LogP contribution in [-0.2, 0) is 0 Å². The summed E-state index contributed by atoms with van der Waals surface area (Å²) in [5, 5.41) is 4.20. The van der Waals surface area contributed by atoms with E-state index < -0.39 is 0 Å². The smallest absolute Gasteiger partial charge is 0.252 e. The molecule has 2 rings (SSSR count). The molecule has 2 N–H and O–H groups in total. The molecule has 0 spiro atoms. The highest BCUT2D eigenvalue weighted by Gasteiger charge is 2.02. The second-order valence-electron chi connectivity index (χ2n) is 3.14. The molecular weight excluding hydrogens is 178 g/mol. The molecule has 72 valence electrons. The summed E-state index contributed by atoms with van der Waals surface area (Å²) in [4.78, 5) is 8.31. The molecule has 0 bridgehead atoms. The summed E-state index contributed by atoms with van der Waals surface area (Å²) >= 11 is 0. The SMILES string of the molecule is Cc1cc(N)nc(-n2ccc(C)n2)n1. The van der Waals surface area contributed by atoms with Crippen LogP contribution in [0.3, 0.4) is 0 Å². The molecule has 5 heteroatoms. The number of hydrogen-bond acceptors (Lipinski definition) is 4. The Kier molecular flexibility index (Phi) is 1.92. The van der Waals surface area contributed by atoms with Crippen LogP contribution in [0, 0.1) is 13.8 Å². The summed E-state index contributed by atoms with van der Waals surface area (Å²) < 4.78 is 1.61. The van der Waals surface area contributed by atoms with Crippen molar-refractivity contribution < 1.29 is 0 Å². The number of rotatable bonds is 1. The first-order valence-electron chi connectivity index (χ1n) is 4.29. The number of hydrogen-bond donors (Lipinski definition) is 1. The molecule has 0 saturated carbocycles. The number of nitrogens with two attached hydrogens (primary N) is 1. The van der Waals surface area contributed by atoms with Crippen molar-refractivity contribution in [3.05, 3.63) is 29.7 Å². The van der Waals surface area contributed by atoms with Crippen LogP contribution >= 0.6 is 0 Å². The number of nitrogens with zero attached hydrogens (tertiary/aromatic N) is 4. The first-order chi connectivity index (χ1) is 6.65. The van der Waals surface area contributed by atoms with E-state index in [1.807, 2.05) is 26.1 Å². The van der Waals surface area contributed by atoms with Gasteiger partial charge in [0.25, 0.3) is 5.95 Å². The lowest BCUT2D eigenvalue weighted by molar-refractivity contribution is 0.793. The molecule has 2 aromatic heterocycles.